The van der Waals surface area contributed by atoms with Crippen molar-refractivity contribution in [2.75, 3.05) is 13.2 Å². The molecule has 0 saturated carbocycles. The van der Waals surface area contributed by atoms with Crippen LogP contribution in [0.4, 0.5) is 0 Å². The Balaban J connectivity index is 5.26. The lowest BCUT2D eigenvalue weighted by Gasteiger charge is -2.23. The molecule has 0 heterocycles. The lowest BCUT2D eigenvalue weighted by atomic mass is 9.83. The van der Waals surface area contributed by atoms with Gasteiger partial charge in [-0.1, -0.05) is 0 Å². The van der Waals surface area contributed by atoms with Crippen molar-refractivity contribution in [3.05, 3.63) is 0 Å². The van der Waals surface area contributed by atoms with Crippen LogP contribution < -0.4 is 0 Å². The van der Waals surface area contributed by atoms with Gasteiger partial charge < -0.3 is 9.47 Å². The van der Waals surface area contributed by atoms with Crippen molar-refractivity contribution in [3.63, 3.8) is 0 Å². The first-order chi connectivity index (χ1) is 8.30. The van der Waals surface area contributed by atoms with Crippen molar-refractivity contribution in [3.8, 4) is 0 Å². The molecule has 0 atom stereocenters. The minimum absolute atomic E-state index is 0.0289. The molecule has 102 valence electrons. The molecule has 0 aromatic heterocycles. The van der Waals surface area contributed by atoms with E-state index >= 15 is 0 Å². The number of Topliss-reactive ketones (excluding diaryl/α,β-unsaturated/α-hetero) is 2. The molecule has 0 aromatic carbocycles. The van der Waals surface area contributed by atoms with Crippen LogP contribution in [0.2, 0.25) is 0 Å². The molecule has 0 aliphatic carbocycles. The molecular formula is C12H18O6. The van der Waals surface area contributed by atoms with Crippen molar-refractivity contribution in [1.29, 1.82) is 0 Å². The Labute approximate surface area is 106 Å². The maximum atomic E-state index is 11.9. The van der Waals surface area contributed by atoms with Gasteiger partial charge in [0, 0.05) is 0 Å². The summed E-state index contributed by atoms with van der Waals surface area (Å²) in [6.45, 7) is 5.49. The van der Waals surface area contributed by atoms with Gasteiger partial charge in [0.2, 0.25) is 5.41 Å². The number of hydrogen-bond acceptors (Lipinski definition) is 6. The molecule has 0 aliphatic rings. The fourth-order valence-corrected chi connectivity index (χ4v) is 1.26. The lowest BCUT2D eigenvalue weighted by molar-refractivity contribution is -0.173. The smallest absolute Gasteiger partial charge is 0.330 e. The zero-order valence-corrected chi connectivity index (χ0v) is 11.1. The van der Waals surface area contributed by atoms with Crippen LogP contribution in [0.1, 0.15) is 34.1 Å². The van der Waals surface area contributed by atoms with E-state index in [1.54, 1.807) is 13.8 Å². The number of rotatable bonds is 7. The first-order valence-corrected chi connectivity index (χ1v) is 5.67. The number of ketones is 2. The Kier molecular flexibility index (Phi) is 6.22. The zero-order valence-electron chi connectivity index (χ0n) is 11.1. The van der Waals surface area contributed by atoms with Crippen LogP contribution in [0.15, 0.2) is 0 Å². The third-order valence-electron chi connectivity index (χ3n) is 2.33. The summed E-state index contributed by atoms with van der Waals surface area (Å²) in [6.07, 6.45) is -0.506. The summed E-state index contributed by atoms with van der Waals surface area (Å²) in [6, 6.07) is 0. The molecular weight excluding hydrogens is 240 g/mol. The van der Waals surface area contributed by atoms with Gasteiger partial charge in [0.25, 0.3) is 0 Å². The number of hydrogen-bond donors (Lipinski definition) is 0. The van der Waals surface area contributed by atoms with E-state index in [0.717, 1.165) is 6.92 Å². The van der Waals surface area contributed by atoms with Crippen LogP contribution >= 0.6 is 0 Å². The second-order valence-corrected chi connectivity index (χ2v) is 3.87. The van der Waals surface area contributed by atoms with Gasteiger partial charge in [-0.05, 0) is 27.7 Å². The predicted molar refractivity (Wildman–Crippen MR) is 61.7 cm³/mol. The molecule has 18 heavy (non-hydrogen) atoms. The van der Waals surface area contributed by atoms with Crippen molar-refractivity contribution in [2.45, 2.75) is 34.1 Å². The van der Waals surface area contributed by atoms with Gasteiger partial charge in [-0.3, -0.25) is 19.2 Å². The Morgan fingerprint density at radius 3 is 1.61 bits per heavy atom. The summed E-state index contributed by atoms with van der Waals surface area (Å²) < 4.78 is 9.41. The number of ether oxygens (including phenoxy) is 2. The molecule has 0 aromatic rings. The minimum Gasteiger partial charge on any atom is -0.465 e. The first-order valence-electron chi connectivity index (χ1n) is 5.67. The highest BCUT2D eigenvalue weighted by Gasteiger charge is 2.51. The molecule has 0 fully saturated rings. The van der Waals surface area contributed by atoms with Crippen LogP contribution in [0.5, 0.6) is 0 Å². The summed E-state index contributed by atoms with van der Waals surface area (Å²) in [5, 5.41) is 0. The summed E-state index contributed by atoms with van der Waals surface area (Å²) in [7, 11) is 0. The Bertz CT molecular complexity index is 340. The fourth-order valence-electron chi connectivity index (χ4n) is 1.26. The molecule has 0 amide bonds. The molecule has 0 rings (SSSR count). The van der Waals surface area contributed by atoms with E-state index in [2.05, 4.69) is 0 Å². The average molecular weight is 258 g/mol. The normalized spacial score (nSPS) is 10.7. The Morgan fingerprint density at radius 2 is 1.33 bits per heavy atom. The fraction of sp³-hybridized carbons (Fsp3) is 0.667. The van der Waals surface area contributed by atoms with Gasteiger partial charge in [-0.2, -0.15) is 0 Å². The van der Waals surface area contributed by atoms with E-state index in [0.29, 0.717) is 0 Å². The summed E-state index contributed by atoms with van der Waals surface area (Å²) in [5.41, 5.74) is -2.07. The topological polar surface area (TPSA) is 86.7 Å². The van der Waals surface area contributed by atoms with E-state index in [9.17, 15) is 19.2 Å². The predicted octanol–water partition coefficient (Wildman–Crippen LogP) is 0.667. The van der Waals surface area contributed by atoms with Crippen LogP contribution in [-0.4, -0.2) is 36.7 Å². The largest absolute Gasteiger partial charge is 0.465 e. The standard InChI is InChI=1S/C12H18O6/c1-5-17-10(15)12(4,11(16)18-6-2)9(14)7-8(3)13/h5-7H2,1-4H3. The number of carbonyl (C=O) groups is 4. The van der Waals surface area contributed by atoms with Gasteiger partial charge >= 0.3 is 11.9 Å². The monoisotopic (exact) mass is 258 g/mol. The van der Waals surface area contributed by atoms with Crippen molar-refractivity contribution in [1.82, 2.24) is 0 Å². The summed E-state index contributed by atoms with van der Waals surface area (Å²) in [4.78, 5) is 46.3. The van der Waals surface area contributed by atoms with Gasteiger partial charge in [-0.25, -0.2) is 0 Å². The Morgan fingerprint density at radius 1 is 0.944 bits per heavy atom. The molecule has 6 nitrogen and oxygen atoms in total. The Hall–Kier alpha value is -1.72. The third kappa shape index (κ3) is 3.65. The molecule has 6 heteroatoms. The molecule has 0 N–H and O–H groups in total. The molecule has 0 radical (unpaired) electrons. The molecule has 0 spiro atoms. The van der Waals surface area contributed by atoms with E-state index in [1.807, 2.05) is 0 Å². The molecule has 0 bridgehead atoms. The van der Waals surface area contributed by atoms with Gasteiger partial charge in [0.05, 0.1) is 19.6 Å². The maximum absolute atomic E-state index is 11.9. The first kappa shape index (κ1) is 16.3. The van der Waals surface area contributed by atoms with Crippen LogP contribution in [-0.2, 0) is 28.7 Å². The second-order valence-electron chi connectivity index (χ2n) is 3.87. The van der Waals surface area contributed by atoms with Crippen molar-refractivity contribution >= 4 is 23.5 Å². The molecule has 0 aliphatic heterocycles. The van der Waals surface area contributed by atoms with Crippen molar-refractivity contribution < 1.29 is 28.7 Å². The third-order valence-corrected chi connectivity index (χ3v) is 2.33. The highest BCUT2D eigenvalue weighted by atomic mass is 16.6. The minimum atomic E-state index is -2.07. The van der Waals surface area contributed by atoms with E-state index in [1.165, 1.54) is 6.92 Å². The van der Waals surface area contributed by atoms with E-state index < -0.39 is 35.3 Å². The quantitative estimate of drug-likeness (QED) is 0.492. The summed E-state index contributed by atoms with van der Waals surface area (Å²) >= 11 is 0. The highest BCUT2D eigenvalue weighted by molar-refractivity contribution is 6.22. The van der Waals surface area contributed by atoms with Gasteiger partial charge in [-0.15, -0.1) is 0 Å². The lowest BCUT2D eigenvalue weighted by Crippen LogP contribution is -2.46. The molecule has 0 saturated heterocycles. The van der Waals surface area contributed by atoms with Crippen LogP contribution in [0.3, 0.4) is 0 Å². The van der Waals surface area contributed by atoms with Crippen LogP contribution in [0.25, 0.3) is 0 Å². The van der Waals surface area contributed by atoms with E-state index in [4.69, 9.17) is 9.47 Å². The van der Waals surface area contributed by atoms with E-state index in [-0.39, 0.29) is 13.2 Å². The highest BCUT2D eigenvalue weighted by Crippen LogP contribution is 2.24. The average Bonchev–Trinajstić information content (AvgIpc) is 2.27. The maximum Gasteiger partial charge on any atom is 0.330 e. The van der Waals surface area contributed by atoms with Crippen LogP contribution in [0, 0.1) is 5.41 Å². The summed E-state index contributed by atoms with van der Waals surface area (Å²) in [5.74, 6) is -3.23. The number of esters is 2. The SMILES string of the molecule is CCOC(=O)C(C)(C(=O)CC(C)=O)C(=O)OCC. The van der Waals surface area contributed by atoms with Gasteiger partial charge in [0.15, 0.2) is 5.78 Å². The van der Waals surface area contributed by atoms with Gasteiger partial charge in [0.1, 0.15) is 5.78 Å². The second kappa shape index (κ2) is 6.88. The van der Waals surface area contributed by atoms with Crippen molar-refractivity contribution in [2.24, 2.45) is 5.41 Å². The molecule has 0 unspecified atom stereocenters. The zero-order chi connectivity index (χ0) is 14.3. The number of carbonyl (C=O) groups excluding carboxylic acids is 4.